The minimum Gasteiger partial charge on any atom is -0.513 e. The van der Waals surface area contributed by atoms with Crippen LogP contribution in [0.4, 0.5) is 0 Å². The maximum absolute atomic E-state index is 11.2. The summed E-state index contributed by atoms with van der Waals surface area (Å²) < 4.78 is 0. The van der Waals surface area contributed by atoms with Crippen LogP contribution >= 0.6 is 11.8 Å². The van der Waals surface area contributed by atoms with Crippen LogP contribution in [0.1, 0.15) is 19.8 Å². The zero-order valence-corrected chi connectivity index (χ0v) is 9.32. The van der Waals surface area contributed by atoms with Gasteiger partial charge >= 0.3 is 0 Å². The Morgan fingerprint density at radius 3 is 2.57 bits per heavy atom. The number of carbonyl (C=O) groups is 1. The van der Waals surface area contributed by atoms with E-state index in [-0.39, 0.29) is 10.9 Å². The van der Waals surface area contributed by atoms with Gasteiger partial charge in [-0.25, -0.2) is 0 Å². The molecule has 0 rings (SSSR count). The molecule has 0 unspecified atom stereocenters. The summed E-state index contributed by atoms with van der Waals surface area (Å²) in [5, 5.41) is 11.9. The van der Waals surface area contributed by atoms with E-state index in [0.717, 1.165) is 18.0 Å². The van der Waals surface area contributed by atoms with Crippen LogP contribution < -0.4 is 5.32 Å². The topological polar surface area (TPSA) is 49.3 Å². The van der Waals surface area contributed by atoms with Gasteiger partial charge in [0.05, 0.1) is 5.76 Å². The summed E-state index contributed by atoms with van der Waals surface area (Å²) >= 11 is 1.27. The lowest BCUT2D eigenvalue weighted by atomic mass is 10.3. The zero-order valence-electron chi connectivity index (χ0n) is 8.51. The molecule has 80 valence electrons. The van der Waals surface area contributed by atoms with E-state index in [2.05, 4.69) is 18.5 Å². The number of allylic oxidation sites excluding steroid dienone is 2. The fourth-order valence-corrected chi connectivity index (χ4v) is 1.43. The molecule has 3 nitrogen and oxygen atoms in total. The highest BCUT2D eigenvalue weighted by Gasteiger charge is 2.02. The Morgan fingerprint density at radius 1 is 1.43 bits per heavy atom. The van der Waals surface area contributed by atoms with Crippen molar-refractivity contribution in [3.05, 3.63) is 24.6 Å². The summed E-state index contributed by atoms with van der Waals surface area (Å²) in [7, 11) is 0. The van der Waals surface area contributed by atoms with Crippen LogP contribution in [-0.2, 0) is 4.79 Å². The Balaban J connectivity index is 3.36. The van der Waals surface area contributed by atoms with Crippen LogP contribution in [0.5, 0.6) is 0 Å². The molecular weight excluding hydrogens is 198 g/mol. The molecule has 0 aromatic rings. The molecule has 0 fully saturated rings. The van der Waals surface area contributed by atoms with E-state index in [4.69, 9.17) is 5.11 Å². The van der Waals surface area contributed by atoms with Gasteiger partial charge in [0.1, 0.15) is 0 Å². The van der Waals surface area contributed by atoms with Gasteiger partial charge in [-0.05, 0) is 6.92 Å². The first-order valence-corrected chi connectivity index (χ1v) is 5.42. The van der Waals surface area contributed by atoms with E-state index >= 15 is 0 Å². The van der Waals surface area contributed by atoms with Crippen LogP contribution in [0, 0.1) is 0 Å². The summed E-state index contributed by atoms with van der Waals surface area (Å²) in [6, 6.07) is 0. The number of rotatable bonds is 7. The van der Waals surface area contributed by atoms with Crippen molar-refractivity contribution in [2.75, 3.05) is 12.3 Å². The van der Waals surface area contributed by atoms with E-state index in [9.17, 15) is 4.79 Å². The summed E-state index contributed by atoms with van der Waals surface area (Å²) in [4.78, 5) is 11.2. The van der Waals surface area contributed by atoms with E-state index in [1.807, 2.05) is 6.92 Å². The molecule has 0 aromatic heterocycles. The number of thioether (sulfide) groups is 1. The normalized spacial score (nSPS) is 9.50. The van der Waals surface area contributed by atoms with Crippen molar-refractivity contribution in [3.63, 3.8) is 0 Å². The molecule has 14 heavy (non-hydrogen) atoms. The Labute approximate surface area is 89.3 Å². The van der Waals surface area contributed by atoms with Gasteiger partial charge in [0.15, 0.2) is 5.12 Å². The van der Waals surface area contributed by atoms with E-state index in [1.54, 1.807) is 0 Å². The summed E-state index contributed by atoms with van der Waals surface area (Å²) in [6.45, 7) is 9.62. The average Bonchev–Trinajstić information content (AvgIpc) is 2.08. The first-order chi connectivity index (χ1) is 6.52. The highest BCUT2D eigenvalue weighted by atomic mass is 32.2. The first-order valence-electron chi connectivity index (χ1n) is 4.44. The average molecular weight is 215 g/mol. The van der Waals surface area contributed by atoms with E-state index < -0.39 is 0 Å². The minimum atomic E-state index is 0.0685. The van der Waals surface area contributed by atoms with Crippen LogP contribution in [0.25, 0.3) is 0 Å². The molecule has 0 atom stereocenters. The number of aliphatic hydroxyl groups is 1. The number of nitrogens with one attached hydrogen (secondary N) is 1. The lowest BCUT2D eigenvalue weighted by molar-refractivity contribution is -0.111. The van der Waals surface area contributed by atoms with Gasteiger partial charge in [0.2, 0.25) is 0 Å². The van der Waals surface area contributed by atoms with Gasteiger partial charge in [-0.15, -0.1) is 0 Å². The van der Waals surface area contributed by atoms with E-state index in [1.165, 1.54) is 11.8 Å². The van der Waals surface area contributed by atoms with Crippen molar-refractivity contribution in [1.29, 1.82) is 0 Å². The van der Waals surface area contributed by atoms with E-state index in [0.29, 0.717) is 12.8 Å². The largest absolute Gasteiger partial charge is 0.513 e. The standard InChI is InChI=1S/C10H17NO2S/c1-8(2)11-6-7-14-10(13)5-4-9(3)12/h11-12H,1,3-7H2,2H3. The monoisotopic (exact) mass is 215 g/mol. The fourth-order valence-electron chi connectivity index (χ4n) is 0.748. The van der Waals surface area contributed by atoms with Gasteiger partial charge < -0.3 is 10.4 Å². The molecule has 0 aromatic carbocycles. The summed E-state index contributed by atoms with van der Waals surface area (Å²) in [6.07, 6.45) is 0.715. The second-order valence-electron chi connectivity index (χ2n) is 2.99. The Hall–Kier alpha value is -0.900. The van der Waals surface area contributed by atoms with Gasteiger partial charge in [-0.1, -0.05) is 24.9 Å². The Kier molecular flexibility index (Phi) is 7.02. The van der Waals surface area contributed by atoms with Gasteiger partial charge in [-0.2, -0.15) is 0 Å². The van der Waals surface area contributed by atoms with Crippen LogP contribution in [0.2, 0.25) is 0 Å². The lowest BCUT2D eigenvalue weighted by Crippen LogP contribution is -2.14. The molecule has 4 heteroatoms. The molecule has 0 aliphatic heterocycles. The van der Waals surface area contributed by atoms with Crippen molar-refractivity contribution >= 4 is 16.9 Å². The van der Waals surface area contributed by atoms with Gasteiger partial charge in [-0.3, -0.25) is 4.79 Å². The molecule has 0 amide bonds. The third kappa shape index (κ3) is 9.19. The lowest BCUT2D eigenvalue weighted by Gasteiger charge is -2.03. The number of hydrogen-bond donors (Lipinski definition) is 2. The van der Waals surface area contributed by atoms with Gasteiger partial charge in [0, 0.05) is 30.8 Å². The maximum atomic E-state index is 11.2. The smallest absolute Gasteiger partial charge is 0.189 e. The van der Waals surface area contributed by atoms with Crippen LogP contribution in [0.3, 0.4) is 0 Å². The number of hydrogen-bond acceptors (Lipinski definition) is 4. The SMILES string of the molecule is C=C(O)CCC(=O)SCCNC(=C)C. The summed E-state index contributed by atoms with van der Waals surface area (Å²) in [5.74, 6) is 0.794. The first kappa shape index (κ1) is 13.1. The quantitative estimate of drug-likeness (QED) is 0.505. The Bertz CT molecular complexity index is 226. The van der Waals surface area contributed by atoms with Crippen molar-refractivity contribution in [3.8, 4) is 0 Å². The molecule has 2 N–H and O–H groups in total. The molecular formula is C10H17NO2S. The highest BCUT2D eigenvalue weighted by molar-refractivity contribution is 8.13. The van der Waals surface area contributed by atoms with Crippen molar-refractivity contribution < 1.29 is 9.90 Å². The molecule has 0 spiro atoms. The van der Waals surface area contributed by atoms with Crippen molar-refractivity contribution in [2.24, 2.45) is 0 Å². The predicted molar refractivity (Wildman–Crippen MR) is 61.3 cm³/mol. The number of carbonyl (C=O) groups excluding carboxylic acids is 1. The fraction of sp³-hybridized carbons (Fsp3) is 0.500. The van der Waals surface area contributed by atoms with Crippen LogP contribution in [-0.4, -0.2) is 22.5 Å². The third-order valence-corrected chi connectivity index (χ3v) is 2.34. The van der Waals surface area contributed by atoms with Crippen molar-refractivity contribution in [1.82, 2.24) is 5.32 Å². The van der Waals surface area contributed by atoms with Gasteiger partial charge in [0.25, 0.3) is 0 Å². The minimum absolute atomic E-state index is 0.0685. The molecule has 0 aliphatic rings. The summed E-state index contributed by atoms with van der Waals surface area (Å²) in [5.41, 5.74) is 0.904. The second kappa shape index (κ2) is 7.50. The molecule has 0 bridgehead atoms. The molecule has 0 heterocycles. The zero-order chi connectivity index (χ0) is 11.0. The second-order valence-corrected chi connectivity index (χ2v) is 4.15. The maximum Gasteiger partial charge on any atom is 0.189 e. The third-order valence-electron chi connectivity index (χ3n) is 1.41. The predicted octanol–water partition coefficient (Wildman–Crippen LogP) is 2.22. The number of aliphatic hydroxyl groups excluding tert-OH is 1. The van der Waals surface area contributed by atoms with Crippen LogP contribution in [0.15, 0.2) is 24.6 Å². The molecule has 0 saturated heterocycles. The Morgan fingerprint density at radius 2 is 2.07 bits per heavy atom. The highest BCUT2D eigenvalue weighted by Crippen LogP contribution is 2.09. The van der Waals surface area contributed by atoms with Crippen molar-refractivity contribution in [2.45, 2.75) is 19.8 Å². The molecule has 0 aliphatic carbocycles. The molecule has 0 radical (unpaired) electrons. The molecule has 0 saturated carbocycles.